The van der Waals surface area contributed by atoms with Gasteiger partial charge in [0.25, 0.3) is 0 Å². The molecule has 0 aliphatic heterocycles. The van der Waals surface area contributed by atoms with Gasteiger partial charge in [-0.15, -0.1) is 0 Å². The molecule has 0 N–H and O–H groups in total. The number of rotatable bonds is 4. The molecule has 0 aliphatic rings. The second kappa shape index (κ2) is 7.26. The van der Waals surface area contributed by atoms with E-state index >= 15 is 0 Å². The number of hydrogen-bond acceptors (Lipinski definition) is 4. The van der Waals surface area contributed by atoms with Crippen LogP contribution in [0.25, 0.3) is 44.5 Å². The molecule has 148 valence electrons. The molecule has 0 aliphatic carbocycles. The Morgan fingerprint density at radius 1 is 0.484 bits per heavy atom. The van der Waals surface area contributed by atoms with Gasteiger partial charge in [0.05, 0.1) is 0 Å². The molecule has 4 nitrogen and oxygen atoms in total. The predicted octanol–water partition coefficient (Wildman–Crippen LogP) is 6.89. The Balaban J connectivity index is 1.30. The van der Waals surface area contributed by atoms with Gasteiger partial charge in [0.15, 0.2) is 11.2 Å². The first-order chi connectivity index (χ1) is 15.3. The van der Waals surface area contributed by atoms with Gasteiger partial charge in [-0.25, -0.2) is 9.97 Å². The summed E-state index contributed by atoms with van der Waals surface area (Å²) in [6, 6.07) is 32.6. The minimum absolute atomic E-state index is 0.407. The Bertz CT molecular complexity index is 1380. The highest BCUT2D eigenvalue weighted by Gasteiger charge is 2.13. The van der Waals surface area contributed by atoms with Crippen molar-refractivity contribution in [3.8, 4) is 22.3 Å². The quantitative estimate of drug-likeness (QED) is 0.322. The molecule has 6 aromatic rings. The summed E-state index contributed by atoms with van der Waals surface area (Å²) in [4.78, 5) is 9.33. The molecule has 0 unspecified atom stereocenters. The van der Waals surface area contributed by atoms with E-state index in [1.165, 1.54) is 0 Å². The molecule has 0 bridgehead atoms. The van der Waals surface area contributed by atoms with Gasteiger partial charge in [0.2, 0.25) is 11.8 Å². The third-order valence-corrected chi connectivity index (χ3v) is 5.38. The molecule has 2 aromatic heterocycles. The lowest BCUT2D eigenvalue weighted by atomic mass is 10.1. The largest absolute Gasteiger partial charge is 0.440 e. The molecule has 0 spiro atoms. The summed E-state index contributed by atoms with van der Waals surface area (Å²) in [6.45, 7) is 0. The monoisotopic (exact) mass is 402 g/mol. The maximum Gasteiger partial charge on any atom is 0.204 e. The van der Waals surface area contributed by atoms with E-state index in [4.69, 9.17) is 8.83 Å². The summed E-state index contributed by atoms with van der Waals surface area (Å²) >= 11 is 0. The number of oxazole rings is 2. The first-order valence-corrected chi connectivity index (χ1v) is 10.2. The second-order valence-electron chi connectivity index (χ2n) is 7.49. The van der Waals surface area contributed by atoms with Crippen LogP contribution in [0.15, 0.2) is 106 Å². The van der Waals surface area contributed by atoms with E-state index in [0.29, 0.717) is 18.2 Å². The first kappa shape index (κ1) is 17.7. The summed E-state index contributed by atoms with van der Waals surface area (Å²) in [5, 5.41) is 0. The lowest BCUT2D eigenvalue weighted by Crippen LogP contribution is -1.87. The van der Waals surface area contributed by atoms with Gasteiger partial charge in [-0.3, -0.25) is 0 Å². The second-order valence-corrected chi connectivity index (χ2v) is 7.49. The molecule has 0 saturated heterocycles. The fraction of sp³-hybridized carbons (Fsp3) is 0.0370. The number of fused-ring (bicyclic) bond motifs is 2. The van der Waals surface area contributed by atoms with Gasteiger partial charge < -0.3 is 8.83 Å². The SMILES string of the molecule is c1ccc(-c2ccc3oc(Cc4nc5cc(-c6ccccc6)ccc5o4)nc3c2)cc1. The molecular weight excluding hydrogens is 384 g/mol. The molecule has 2 heterocycles. The standard InChI is InChI=1S/C27H18N2O2/c1-3-7-18(8-4-1)20-11-13-24-22(15-20)28-26(30-24)17-27-29-23-16-21(12-14-25(23)31-27)19-9-5-2-6-10-19/h1-16H,17H2. The Morgan fingerprint density at radius 3 is 1.39 bits per heavy atom. The zero-order valence-electron chi connectivity index (χ0n) is 16.7. The predicted molar refractivity (Wildman–Crippen MR) is 122 cm³/mol. The molecule has 0 radical (unpaired) electrons. The third-order valence-electron chi connectivity index (χ3n) is 5.38. The maximum atomic E-state index is 5.94. The van der Waals surface area contributed by atoms with Crippen LogP contribution in [0.3, 0.4) is 0 Å². The van der Waals surface area contributed by atoms with Crippen molar-refractivity contribution in [3.05, 3.63) is 109 Å². The average Bonchev–Trinajstić information content (AvgIpc) is 3.42. The van der Waals surface area contributed by atoms with Crippen molar-refractivity contribution >= 4 is 22.2 Å². The summed E-state index contributed by atoms with van der Waals surface area (Å²) in [7, 11) is 0. The van der Waals surface area contributed by atoms with Crippen LogP contribution in [0.1, 0.15) is 11.8 Å². The molecule has 0 amide bonds. The fourth-order valence-corrected chi connectivity index (χ4v) is 3.85. The van der Waals surface area contributed by atoms with Gasteiger partial charge in [0, 0.05) is 0 Å². The van der Waals surface area contributed by atoms with Crippen LogP contribution in [0.5, 0.6) is 0 Å². The molecule has 31 heavy (non-hydrogen) atoms. The van der Waals surface area contributed by atoms with Crippen molar-refractivity contribution in [3.63, 3.8) is 0 Å². The van der Waals surface area contributed by atoms with Gasteiger partial charge >= 0.3 is 0 Å². The van der Waals surface area contributed by atoms with Crippen molar-refractivity contribution < 1.29 is 8.83 Å². The highest BCUT2D eigenvalue weighted by atomic mass is 16.4. The zero-order chi connectivity index (χ0) is 20.6. The zero-order valence-corrected chi connectivity index (χ0v) is 16.7. The summed E-state index contributed by atoms with van der Waals surface area (Å²) in [5.41, 5.74) is 7.72. The van der Waals surface area contributed by atoms with E-state index in [1.54, 1.807) is 0 Å². The minimum Gasteiger partial charge on any atom is -0.440 e. The van der Waals surface area contributed by atoms with Crippen LogP contribution in [0, 0.1) is 0 Å². The molecule has 4 aromatic carbocycles. The normalized spacial score (nSPS) is 11.4. The van der Waals surface area contributed by atoms with Crippen molar-refractivity contribution in [1.29, 1.82) is 0 Å². The van der Waals surface area contributed by atoms with Gasteiger partial charge in [-0.1, -0.05) is 72.8 Å². The van der Waals surface area contributed by atoms with E-state index in [9.17, 15) is 0 Å². The lowest BCUT2D eigenvalue weighted by Gasteiger charge is -1.99. The Hall–Kier alpha value is -4.18. The number of aromatic nitrogens is 2. The van der Waals surface area contributed by atoms with Gasteiger partial charge in [-0.05, 0) is 46.5 Å². The summed E-state index contributed by atoms with van der Waals surface area (Å²) < 4.78 is 11.9. The molecule has 0 fully saturated rings. The van der Waals surface area contributed by atoms with E-state index < -0.39 is 0 Å². The highest BCUT2D eigenvalue weighted by molar-refractivity contribution is 5.81. The number of hydrogen-bond donors (Lipinski definition) is 0. The molecule has 0 saturated carbocycles. The molecular formula is C27H18N2O2. The Morgan fingerprint density at radius 2 is 0.935 bits per heavy atom. The summed E-state index contributed by atoms with van der Waals surface area (Å²) in [5.74, 6) is 1.19. The molecule has 4 heteroatoms. The van der Waals surface area contributed by atoms with Crippen molar-refractivity contribution in [1.82, 2.24) is 9.97 Å². The van der Waals surface area contributed by atoms with E-state index in [2.05, 4.69) is 58.5 Å². The minimum atomic E-state index is 0.407. The lowest BCUT2D eigenvalue weighted by molar-refractivity contribution is 0.488. The first-order valence-electron chi connectivity index (χ1n) is 10.2. The van der Waals surface area contributed by atoms with Crippen molar-refractivity contribution in [2.24, 2.45) is 0 Å². The van der Waals surface area contributed by atoms with Gasteiger partial charge in [-0.2, -0.15) is 0 Å². The topological polar surface area (TPSA) is 52.1 Å². The number of benzene rings is 4. The van der Waals surface area contributed by atoms with Crippen LogP contribution < -0.4 is 0 Å². The highest BCUT2D eigenvalue weighted by Crippen LogP contribution is 2.27. The van der Waals surface area contributed by atoms with Crippen LogP contribution in [-0.2, 0) is 6.42 Å². The molecule has 0 atom stereocenters. The Labute approximate surface area is 178 Å². The summed E-state index contributed by atoms with van der Waals surface area (Å²) in [6.07, 6.45) is 0.407. The van der Waals surface area contributed by atoms with Crippen molar-refractivity contribution in [2.75, 3.05) is 0 Å². The van der Waals surface area contributed by atoms with E-state index in [0.717, 1.165) is 44.5 Å². The van der Waals surface area contributed by atoms with Crippen LogP contribution in [-0.4, -0.2) is 9.97 Å². The van der Waals surface area contributed by atoms with Crippen LogP contribution >= 0.6 is 0 Å². The average molecular weight is 402 g/mol. The smallest absolute Gasteiger partial charge is 0.204 e. The van der Waals surface area contributed by atoms with Crippen LogP contribution in [0.2, 0.25) is 0 Å². The van der Waals surface area contributed by atoms with E-state index in [1.807, 2.05) is 48.5 Å². The fourth-order valence-electron chi connectivity index (χ4n) is 3.85. The van der Waals surface area contributed by atoms with Gasteiger partial charge in [0.1, 0.15) is 17.5 Å². The Kier molecular flexibility index (Phi) is 4.13. The van der Waals surface area contributed by atoms with E-state index in [-0.39, 0.29) is 0 Å². The molecule has 6 rings (SSSR count). The van der Waals surface area contributed by atoms with Crippen molar-refractivity contribution in [2.45, 2.75) is 6.42 Å². The third kappa shape index (κ3) is 3.38. The van der Waals surface area contributed by atoms with Crippen LogP contribution in [0.4, 0.5) is 0 Å². The number of nitrogens with zero attached hydrogens (tertiary/aromatic N) is 2. The maximum absolute atomic E-state index is 5.94.